The first-order chi connectivity index (χ1) is 11.1. The Morgan fingerprint density at radius 1 is 1.33 bits per heavy atom. The first-order valence-electron chi connectivity index (χ1n) is 8.06. The second-order valence-corrected chi connectivity index (χ2v) is 7.57. The smallest absolute Gasteiger partial charge is 0.407 e. The predicted octanol–water partition coefficient (Wildman–Crippen LogP) is 3.68. The molecule has 0 bridgehead atoms. The van der Waals surface area contributed by atoms with Gasteiger partial charge in [0.05, 0.1) is 5.02 Å². The van der Waals surface area contributed by atoms with Crippen molar-refractivity contribution in [3.8, 4) is 0 Å². The molecule has 132 valence electrons. The van der Waals surface area contributed by atoms with Crippen molar-refractivity contribution in [1.29, 1.82) is 0 Å². The summed E-state index contributed by atoms with van der Waals surface area (Å²) < 4.78 is 5.24. The molecule has 0 unspecified atom stereocenters. The number of halogens is 1. The largest absolute Gasteiger partial charge is 0.444 e. The van der Waals surface area contributed by atoms with Crippen molar-refractivity contribution < 1.29 is 14.3 Å². The van der Waals surface area contributed by atoms with Crippen molar-refractivity contribution >= 4 is 29.4 Å². The molecule has 2 N–H and O–H groups in total. The summed E-state index contributed by atoms with van der Waals surface area (Å²) in [4.78, 5) is 28.2. The fourth-order valence-corrected chi connectivity index (χ4v) is 2.76. The van der Waals surface area contributed by atoms with Crippen LogP contribution in [0.4, 0.5) is 10.6 Å². The third-order valence-electron chi connectivity index (χ3n) is 3.82. The lowest BCUT2D eigenvalue weighted by molar-refractivity contribution is -0.119. The van der Waals surface area contributed by atoms with Crippen molar-refractivity contribution in [3.63, 3.8) is 0 Å². The summed E-state index contributed by atoms with van der Waals surface area (Å²) in [7, 11) is 0. The first kappa shape index (κ1) is 18.5. The van der Waals surface area contributed by atoms with Crippen molar-refractivity contribution in [2.75, 3.05) is 5.32 Å². The molecule has 0 spiro atoms. The van der Waals surface area contributed by atoms with Crippen molar-refractivity contribution in [2.24, 2.45) is 5.92 Å². The molecule has 1 aliphatic carbocycles. The van der Waals surface area contributed by atoms with E-state index < -0.39 is 11.7 Å². The molecule has 1 heterocycles. The standard InChI is InChI=1S/C17H24ClN3O3/c1-10-7-14(19-9-13(10)18)21-15(22)11-5-6-12(8-11)20-16(23)24-17(2,3)4/h7,9,11-12H,5-6,8H2,1-4H3,(H,20,23)(H,19,21,22)/t11-,12+/m0/s1. The number of rotatable bonds is 3. The maximum absolute atomic E-state index is 12.3. The van der Waals surface area contributed by atoms with Crippen LogP contribution in [0.1, 0.15) is 45.6 Å². The maximum Gasteiger partial charge on any atom is 0.407 e. The number of hydrogen-bond donors (Lipinski definition) is 2. The first-order valence-corrected chi connectivity index (χ1v) is 8.44. The van der Waals surface area contributed by atoms with Gasteiger partial charge in [0.2, 0.25) is 5.91 Å². The Labute approximate surface area is 147 Å². The van der Waals surface area contributed by atoms with Crippen LogP contribution in [0.3, 0.4) is 0 Å². The number of alkyl carbamates (subject to hydrolysis) is 1. The lowest BCUT2D eigenvalue weighted by Crippen LogP contribution is -2.38. The van der Waals surface area contributed by atoms with Gasteiger partial charge in [0.25, 0.3) is 0 Å². The molecule has 6 nitrogen and oxygen atoms in total. The molecule has 2 rings (SSSR count). The van der Waals surface area contributed by atoms with E-state index in [1.807, 2.05) is 27.7 Å². The maximum atomic E-state index is 12.3. The molecule has 1 aromatic heterocycles. The lowest BCUT2D eigenvalue weighted by atomic mass is 10.1. The van der Waals surface area contributed by atoms with E-state index in [2.05, 4.69) is 15.6 Å². The van der Waals surface area contributed by atoms with E-state index in [1.54, 1.807) is 6.07 Å². The van der Waals surface area contributed by atoms with Gasteiger partial charge in [-0.3, -0.25) is 4.79 Å². The van der Waals surface area contributed by atoms with E-state index in [4.69, 9.17) is 16.3 Å². The van der Waals surface area contributed by atoms with Crippen LogP contribution in [-0.2, 0) is 9.53 Å². The zero-order valence-electron chi connectivity index (χ0n) is 14.5. The number of amides is 2. The minimum atomic E-state index is -0.530. The third-order valence-corrected chi connectivity index (χ3v) is 4.22. The summed E-state index contributed by atoms with van der Waals surface area (Å²) in [6.07, 6.45) is 3.15. The number of pyridine rings is 1. The Bertz CT molecular complexity index is 628. The zero-order chi connectivity index (χ0) is 17.9. The minimum absolute atomic E-state index is 0.0458. The summed E-state index contributed by atoms with van der Waals surface area (Å²) in [6.45, 7) is 7.31. The molecule has 2 atom stereocenters. The van der Waals surface area contributed by atoms with Crippen LogP contribution in [0.5, 0.6) is 0 Å². The van der Waals surface area contributed by atoms with E-state index in [-0.39, 0.29) is 17.9 Å². The lowest BCUT2D eigenvalue weighted by Gasteiger charge is -2.21. The van der Waals surface area contributed by atoms with Gasteiger partial charge in [0.15, 0.2) is 0 Å². The van der Waals surface area contributed by atoms with Crippen molar-refractivity contribution in [2.45, 2.75) is 58.6 Å². The minimum Gasteiger partial charge on any atom is -0.444 e. The SMILES string of the molecule is Cc1cc(NC(=O)[C@H]2CC[C@@H](NC(=O)OC(C)(C)C)C2)ncc1Cl. The average Bonchev–Trinajstić information content (AvgIpc) is 2.89. The second kappa shape index (κ2) is 7.38. The molecule has 0 radical (unpaired) electrons. The van der Waals surface area contributed by atoms with Crippen LogP contribution < -0.4 is 10.6 Å². The monoisotopic (exact) mass is 353 g/mol. The van der Waals surface area contributed by atoms with Crippen molar-refractivity contribution in [3.05, 3.63) is 22.8 Å². The molecular weight excluding hydrogens is 330 g/mol. The highest BCUT2D eigenvalue weighted by Gasteiger charge is 2.32. The number of aromatic nitrogens is 1. The van der Waals surface area contributed by atoms with Gasteiger partial charge in [-0.2, -0.15) is 0 Å². The average molecular weight is 354 g/mol. The highest BCUT2D eigenvalue weighted by atomic mass is 35.5. The van der Waals surface area contributed by atoms with E-state index in [1.165, 1.54) is 6.20 Å². The van der Waals surface area contributed by atoms with Gasteiger partial charge in [0.1, 0.15) is 11.4 Å². The molecule has 1 aliphatic rings. The van der Waals surface area contributed by atoms with E-state index >= 15 is 0 Å². The summed E-state index contributed by atoms with van der Waals surface area (Å²) in [5.41, 5.74) is 0.329. The third kappa shape index (κ3) is 5.37. The topological polar surface area (TPSA) is 80.3 Å². The number of aryl methyl sites for hydroxylation is 1. The Morgan fingerprint density at radius 3 is 2.67 bits per heavy atom. The van der Waals surface area contributed by atoms with Crippen LogP contribution in [0.25, 0.3) is 0 Å². The number of hydrogen-bond acceptors (Lipinski definition) is 4. The van der Waals surface area contributed by atoms with Crippen molar-refractivity contribution in [1.82, 2.24) is 10.3 Å². The van der Waals surface area contributed by atoms with Gasteiger partial charge in [-0.1, -0.05) is 11.6 Å². The van der Waals surface area contributed by atoms with Crippen LogP contribution in [0, 0.1) is 12.8 Å². The Hall–Kier alpha value is -1.82. The summed E-state index contributed by atoms with van der Waals surface area (Å²) in [5.74, 6) is 0.255. The highest BCUT2D eigenvalue weighted by molar-refractivity contribution is 6.31. The molecular formula is C17H24ClN3O3. The number of carbonyl (C=O) groups is 2. The van der Waals surface area contributed by atoms with E-state index in [0.29, 0.717) is 17.3 Å². The Kier molecular flexibility index (Phi) is 5.70. The fourth-order valence-electron chi connectivity index (χ4n) is 2.66. The fraction of sp³-hybridized carbons (Fsp3) is 0.588. The second-order valence-electron chi connectivity index (χ2n) is 7.16. The summed E-state index contributed by atoms with van der Waals surface area (Å²) in [6, 6.07) is 1.70. The molecule has 0 aromatic carbocycles. The van der Waals surface area contributed by atoms with Gasteiger partial charge < -0.3 is 15.4 Å². The number of anilines is 1. The van der Waals surface area contributed by atoms with Gasteiger partial charge in [0, 0.05) is 18.2 Å². The molecule has 24 heavy (non-hydrogen) atoms. The quantitative estimate of drug-likeness (QED) is 0.868. The van der Waals surface area contributed by atoms with Gasteiger partial charge in [-0.25, -0.2) is 9.78 Å². The molecule has 1 fully saturated rings. The van der Waals surface area contributed by atoms with Crippen LogP contribution in [-0.4, -0.2) is 28.6 Å². The van der Waals surface area contributed by atoms with Crippen LogP contribution >= 0.6 is 11.6 Å². The summed E-state index contributed by atoms with van der Waals surface area (Å²) >= 11 is 5.93. The molecule has 0 saturated heterocycles. The molecule has 1 aromatic rings. The number of carbonyl (C=O) groups excluding carboxylic acids is 2. The Morgan fingerprint density at radius 2 is 2.04 bits per heavy atom. The Balaban J connectivity index is 1.85. The zero-order valence-corrected chi connectivity index (χ0v) is 15.2. The van der Waals surface area contributed by atoms with Crippen LogP contribution in [0.15, 0.2) is 12.3 Å². The number of ether oxygens (including phenoxy) is 1. The molecule has 2 amide bonds. The van der Waals surface area contributed by atoms with Crippen LogP contribution in [0.2, 0.25) is 5.02 Å². The predicted molar refractivity (Wildman–Crippen MR) is 93.1 cm³/mol. The van der Waals surface area contributed by atoms with E-state index in [0.717, 1.165) is 18.4 Å². The normalized spacial score (nSPS) is 20.5. The highest BCUT2D eigenvalue weighted by Crippen LogP contribution is 2.27. The summed E-state index contributed by atoms with van der Waals surface area (Å²) in [5, 5.41) is 6.20. The number of nitrogens with zero attached hydrogens (tertiary/aromatic N) is 1. The number of nitrogens with one attached hydrogen (secondary N) is 2. The molecule has 7 heteroatoms. The van der Waals surface area contributed by atoms with Gasteiger partial charge >= 0.3 is 6.09 Å². The van der Waals surface area contributed by atoms with Gasteiger partial charge in [-0.05, 0) is 58.6 Å². The molecule has 1 saturated carbocycles. The van der Waals surface area contributed by atoms with E-state index in [9.17, 15) is 9.59 Å². The van der Waals surface area contributed by atoms with Gasteiger partial charge in [-0.15, -0.1) is 0 Å². The molecule has 0 aliphatic heterocycles.